The van der Waals surface area contributed by atoms with Crippen molar-refractivity contribution in [2.75, 3.05) is 0 Å². The Morgan fingerprint density at radius 2 is 1.47 bits per heavy atom. The average Bonchev–Trinajstić information content (AvgIpc) is 2.16. The summed E-state index contributed by atoms with van der Waals surface area (Å²) < 4.78 is 1.37. The van der Waals surface area contributed by atoms with Crippen molar-refractivity contribution in [2.24, 2.45) is 5.73 Å². The van der Waals surface area contributed by atoms with Crippen LogP contribution in [0, 0.1) is 0 Å². The fourth-order valence-corrected chi connectivity index (χ4v) is 2.93. The second-order valence-corrected chi connectivity index (χ2v) is 5.11. The van der Waals surface area contributed by atoms with E-state index in [0.717, 1.165) is 0 Å². The smallest absolute Gasteiger partial charge is 1.00 e. The van der Waals surface area contributed by atoms with Gasteiger partial charge in [0.1, 0.15) is 0 Å². The Bertz CT molecular complexity index is 474. The summed E-state index contributed by atoms with van der Waals surface area (Å²) in [6.45, 7) is 2.04. The molecule has 17 heavy (non-hydrogen) atoms. The van der Waals surface area contributed by atoms with Gasteiger partial charge in [-0.2, -0.15) is 0 Å². The number of rotatable bonds is 1. The fraction of sp³-hybridized carbons (Fsp3) is 0.167. The molecule has 0 aliphatic heterocycles. The molecule has 1 atom stereocenters. The van der Waals surface area contributed by atoms with Gasteiger partial charge < -0.3 is 37.2 Å². The molecule has 0 spiro atoms. The van der Waals surface area contributed by atoms with Crippen LogP contribution in [0.1, 0.15) is 18.5 Å². The zero-order valence-corrected chi connectivity index (χ0v) is 14.4. The van der Waals surface area contributed by atoms with Crippen LogP contribution in [-0.2, 0) is 0 Å². The number of benzene rings is 2. The van der Waals surface area contributed by atoms with Gasteiger partial charge in [0.2, 0.25) is 0 Å². The summed E-state index contributed by atoms with van der Waals surface area (Å²) in [5.41, 5.74) is 7.20. The first kappa shape index (κ1) is 19.7. The first-order valence-corrected chi connectivity index (χ1v) is 6.11. The Labute approximate surface area is 134 Å². The number of hydrogen-bond acceptors (Lipinski definition) is 1. The summed E-state index contributed by atoms with van der Waals surface area (Å²) in [6, 6.07) is 13.0. The van der Waals surface area contributed by atoms with E-state index < -0.39 is 0 Å². The fourth-order valence-electron chi connectivity index (χ4n) is 1.63. The molecule has 0 aliphatic carbocycles. The van der Waals surface area contributed by atoms with Crippen molar-refractivity contribution in [1.29, 1.82) is 0 Å². The van der Waals surface area contributed by atoms with Gasteiger partial charge in [0.05, 0.1) is 0 Å². The molecule has 2 rings (SSSR count). The van der Waals surface area contributed by atoms with Crippen LogP contribution in [0.3, 0.4) is 0 Å². The molecule has 2 N–H and O–H groups in total. The predicted octanol–water partition coefficient (Wildman–Crippen LogP) is -7.33. The van der Waals surface area contributed by atoms with Crippen LogP contribution < -0.4 is 46.5 Å². The van der Waals surface area contributed by atoms with E-state index >= 15 is 0 Å². The Morgan fingerprint density at radius 1 is 1.00 bits per heavy atom. The van der Waals surface area contributed by atoms with E-state index in [1.165, 1.54) is 42.4 Å². The van der Waals surface area contributed by atoms with Gasteiger partial charge in [0, 0.05) is 0 Å². The third kappa shape index (κ3) is 4.49. The minimum Gasteiger partial charge on any atom is -1.00 e. The van der Waals surface area contributed by atoms with Crippen molar-refractivity contribution in [1.82, 2.24) is 0 Å². The first-order chi connectivity index (χ1) is 6.68. The van der Waals surface area contributed by atoms with Gasteiger partial charge in [-0.15, -0.1) is 0 Å². The summed E-state index contributed by atoms with van der Waals surface area (Å²) in [6.07, 6.45) is 0. The monoisotopic (exact) mass is 395 g/mol. The molecule has 0 saturated heterocycles. The standard InChI is InChI=1S/C12H12N.3ClH.Sn/c1-9(13)11-7-6-10-4-2-3-5-12(10)8-11;;;;/h2-6,8-9H,13H2,1H3;3*1H;/q;;;;+3/p-3. The van der Waals surface area contributed by atoms with Crippen molar-refractivity contribution >= 4 is 36.9 Å². The molecule has 0 bridgehead atoms. The molecular formula is C12H12Cl3NSn. The molecule has 0 aromatic heterocycles. The number of halogens is 3. The zero-order chi connectivity index (χ0) is 10.1. The topological polar surface area (TPSA) is 26.0 Å². The van der Waals surface area contributed by atoms with Crippen LogP contribution in [0.5, 0.6) is 0 Å². The second-order valence-electron chi connectivity index (χ2n) is 3.58. The SMILES string of the molecule is CC(N)c1cc2ccccc2c[c]1[Sn+3].[Cl-].[Cl-].[Cl-]. The molecule has 2 aromatic rings. The molecule has 0 heterocycles. The van der Waals surface area contributed by atoms with Crippen LogP contribution in [0.2, 0.25) is 0 Å². The maximum Gasteiger partial charge on any atom is -1.00 e. The van der Waals surface area contributed by atoms with E-state index in [1.54, 1.807) is 0 Å². The van der Waals surface area contributed by atoms with Crippen molar-refractivity contribution < 1.29 is 37.2 Å². The van der Waals surface area contributed by atoms with Gasteiger partial charge >= 0.3 is 97.5 Å². The largest absolute Gasteiger partial charge is 1.00 e. The Kier molecular flexibility index (Phi) is 9.76. The molecule has 90 valence electrons. The van der Waals surface area contributed by atoms with Crippen LogP contribution in [0.4, 0.5) is 0 Å². The van der Waals surface area contributed by atoms with E-state index in [0.29, 0.717) is 0 Å². The summed E-state index contributed by atoms with van der Waals surface area (Å²) in [4.78, 5) is 0. The van der Waals surface area contributed by atoms with Crippen LogP contribution in [0.25, 0.3) is 10.8 Å². The molecule has 0 saturated carbocycles. The molecule has 0 fully saturated rings. The number of nitrogens with two attached hydrogens (primary N) is 1. The normalized spacial score (nSPS) is 10.8. The Balaban J connectivity index is 0. The van der Waals surface area contributed by atoms with E-state index in [1.807, 2.05) is 6.92 Å². The van der Waals surface area contributed by atoms with Crippen LogP contribution in [-0.4, -0.2) is 22.5 Å². The molecule has 1 nitrogen and oxygen atoms in total. The van der Waals surface area contributed by atoms with E-state index in [9.17, 15) is 0 Å². The van der Waals surface area contributed by atoms with Gasteiger partial charge in [-0.25, -0.2) is 0 Å². The van der Waals surface area contributed by atoms with Gasteiger partial charge in [0.25, 0.3) is 0 Å². The third-order valence-corrected chi connectivity index (χ3v) is 3.64. The molecule has 0 radical (unpaired) electrons. The summed E-state index contributed by atoms with van der Waals surface area (Å²) in [7, 11) is 0. The van der Waals surface area contributed by atoms with Crippen LogP contribution >= 0.6 is 0 Å². The third-order valence-electron chi connectivity index (χ3n) is 2.41. The summed E-state index contributed by atoms with van der Waals surface area (Å²) in [5, 5.41) is 2.59. The molecule has 0 amide bonds. The molecule has 5 heteroatoms. The minimum atomic E-state index is 0. The van der Waals surface area contributed by atoms with E-state index in [4.69, 9.17) is 5.73 Å². The van der Waals surface area contributed by atoms with Crippen molar-refractivity contribution in [2.45, 2.75) is 13.0 Å². The maximum absolute atomic E-state index is 5.92. The van der Waals surface area contributed by atoms with Gasteiger partial charge in [0.15, 0.2) is 0 Å². The Hall–Kier alpha value is 0.329. The number of hydrogen-bond donors (Lipinski definition) is 1. The minimum absolute atomic E-state index is 0. The second kappa shape index (κ2) is 8.43. The van der Waals surface area contributed by atoms with Gasteiger partial charge in [-0.05, 0) is 0 Å². The molecular weight excluding hydrogens is 383 g/mol. The average molecular weight is 395 g/mol. The molecule has 0 aliphatic rings. The van der Waals surface area contributed by atoms with Gasteiger partial charge in [-0.1, -0.05) is 0 Å². The van der Waals surface area contributed by atoms with Crippen molar-refractivity contribution in [3.8, 4) is 0 Å². The summed E-state index contributed by atoms with van der Waals surface area (Å²) in [5.74, 6) is 0. The summed E-state index contributed by atoms with van der Waals surface area (Å²) >= 11 is 1.43. The van der Waals surface area contributed by atoms with E-state index in [2.05, 4.69) is 36.4 Å². The quantitative estimate of drug-likeness (QED) is 0.478. The van der Waals surface area contributed by atoms with Crippen molar-refractivity contribution in [3.63, 3.8) is 0 Å². The predicted molar refractivity (Wildman–Crippen MR) is 61.9 cm³/mol. The van der Waals surface area contributed by atoms with Crippen molar-refractivity contribution in [3.05, 3.63) is 42.0 Å². The molecule has 1 unspecified atom stereocenters. The number of fused-ring (bicyclic) bond motifs is 1. The van der Waals surface area contributed by atoms with E-state index in [-0.39, 0.29) is 43.3 Å². The van der Waals surface area contributed by atoms with Gasteiger partial charge in [-0.3, -0.25) is 0 Å². The van der Waals surface area contributed by atoms with Crippen LogP contribution in [0.15, 0.2) is 36.4 Å². The first-order valence-electron chi connectivity index (χ1n) is 4.68. The zero-order valence-electron chi connectivity index (χ0n) is 9.25. The molecule has 2 aromatic carbocycles. The Morgan fingerprint density at radius 3 is 1.94 bits per heavy atom. The maximum atomic E-state index is 5.92.